The van der Waals surface area contributed by atoms with Crippen molar-refractivity contribution in [3.63, 3.8) is 0 Å². The number of nitrogens with zero attached hydrogens (tertiary/aromatic N) is 4. The Hall–Kier alpha value is -2.81. The molecule has 1 amide bonds. The summed E-state index contributed by atoms with van der Waals surface area (Å²) in [5.41, 5.74) is 0.305. The van der Waals surface area contributed by atoms with E-state index in [9.17, 15) is 4.79 Å². The highest BCUT2D eigenvalue weighted by Gasteiger charge is 2.28. The van der Waals surface area contributed by atoms with Gasteiger partial charge < -0.3 is 24.8 Å². The molecule has 1 aliphatic rings. The SMILES string of the molecule is CCNC(=NCc1nc(-c2ccc(Cl)cc2)no1)N1CCC(NC(=O)OC(C)(C)C)C1. The number of aromatic nitrogens is 2. The molecule has 0 bridgehead atoms. The molecule has 0 radical (unpaired) electrons. The van der Waals surface area contributed by atoms with E-state index in [2.05, 4.69) is 30.7 Å². The molecule has 2 heterocycles. The first-order valence-electron chi connectivity index (χ1n) is 10.3. The van der Waals surface area contributed by atoms with E-state index in [1.54, 1.807) is 12.1 Å². The van der Waals surface area contributed by atoms with E-state index in [-0.39, 0.29) is 12.6 Å². The van der Waals surface area contributed by atoms with Gasteiger partial charge in [0.05, 0.1) is 6.04 Å². The summed E-state index contributed by atoms with van der Waals surface area (Å²) >= 11 is 5.92. The maximum Gasteiger partial charge on any atom is 0.407 e. The molecule has 1 aromatic heterocycles. The highest BCUT2D eigenvalue weighted by Crippen LogP contribution is 2.19. The van der Waals surface area contributed by atoms with Crippen LogP contribution in [-0.2, 0) is 11.3 Å². The third kappa shape index (κ3) is 6.85. The Kier molecular flexibility index (Phi) is 7.37. The summed E-state index contributed by atoms with van der Waals surface area (Å²) in [6.07, 6.45) is 0.409. The minimum atomic E-state index is -0.520. The topological polar surface area (TPSA) is 105 Å². The normalized spacial score (nSPS) is 17.0. The monoisotopic (exact) mass is 448 g/mol. The lowest BCUT2D eigenvalue weighted by Gasteiger charge is -2.23. The molecule has 1 aliphatic heterocycles. The van der Waals surface area contributed by atoms with Gasteiger partial charge in [0, 0.05) is 30.2 Å². The third-order valence-electron chi connectivity index (χ3n) is 4.48. The van der Waals surface area contributed by atoms with Crippen molar-refractivity contribution in [2.24, 2.45) is 4.99 Å². The Morgan fingerprint density at radius 1 is 1.35 bits per heavy atom. The van der Waals surface area contributed by atoms with Crippen LogP contribution in [0, 0.1) is 0 Å². The van der Waals surface area contributed by atoms with Crippen LogP contribution in [0.5, 0.6) is 0 Å². The summed E-state index contributed by atoms with van der Waals surface area (Å²) < 4.78 is 10.7. The van der Waals surface area contributed by atoms with Crippen molar-refractivity contribution in [2.75, 3.05) is 19.6 Å². The van der Waals surface area contributed by atoms with Crippen molar-refractivity contribution in [1.82, 2.24) is 25.7 Å². The molecule has 1 saturated heterocycles. The standard InChI is InChI=1S/C21H29ClN6O3/c1-5-23-19(28-11-10-16(13-28)25-20(29)30-21(2,3)4)24-12-17-26-18(27-31-17)14-6-8-15(22)9-7-14/h6-9,16H,5,10-13H2,1-4H3,(H,23,24)(H,25,29). The summed E-state index contributed by atoms with van der Waals surface area (Å²) in [6.45, 7) is 9.94. The van der Waals surface area contributed by atoms with Gasteiger partial charge in [-0.3, -0.25) is 0 Å². The zero-order valence-electron chi connectivity index (χ0n) is 18.3. The molecule has 1 fully saturated rings. The van der Waals surface area contributed by atoms with Crippen molar-refractivity contribution < 1.29 is 14.1 Å². The fourth-order valence-electron chi connectivity index (χ4n) is 3.15. The zero-order chi connectivity index (χ0) is 22.4. The number of guanidine groups is 1. The van der Waals surface area contributed by atoms with E-state index in [1.165, 1.54) is 0 Å². The van der Waals surface area contributed by atoms with Gasteiger partial charge in [-0.05, 0) is 58.4 Å². The molecule has 0 aliphatic carbocycles. The molecule has 2 aromatic rings. The summed E-state index contributed by atoms with van der Waals surface area (Å²) in [5.74, 6) is 1.65. The number of hydrogen-bond acceptors (Lipinski definition) is 6. The Morgan fingerprint density at radius 2 is 2.10 bits per heavy atom. The number of alkyl carbamates (subject to hydrolysis) is 1. The molecule has 3 rings (SSSR count). The Bertz CT molecular complexity index is 907. The lowest BCUT2D eigenvalue weighted by Crippen LogP contribution is -2.44. The van der Waals surface area contributed by atoms with E-state index in [0.29, 0.717) is 23.3 Å². The van der Waals surface area contributed by atoms with Crippen LogP contribution in [0.4, 0.5) is 4.79 Å². The molecular weight excluding hydrogens is 420 g/mol. The van der Waals surface area contributed by atoms with Crippen molar-refractivity contribution >= 4 is 23.7 Å². The molecule has 0 spiro atoms. The van der Waals surface area contributed by atoms with Crippen molar-refractivity contribution in [3.8, 4) is 11.4 Å². The van der Waals surface area contributed by atoms with E-state index in [4.69, 9.17) is 20.9 Å². The lowest BCUT2D eigenvalue weighted by atomic mass is 10.2. The molecule has 31 heavy (non-hydrogen) atoms. The summed E-state index contributed by atoms with van der Waals surface area (Å²) in [4.78, 5) is 23.2. The van der Waals surface area contributed by atoms with E-state index in [1.807, 2.05) is 39.8 Å². The first-order chi connectivity index (χ1) is 14.7. The van der Waals surface area contributed by atoms with Gasteiger partial charge in [0.15, 0.2) is 5.96 Å². The number of ether oxygens (including phenoxy) is 1. The molecule has 1 atom stereocenters. The predicted molar refractivity (Wildman–Crippen MR) is 119 cm³/mol. The highest BCUT2D eigenvalue weighted by molar-refractivity contribution is 6.30. The fourth-order valence-corrected chi connectivity index (χ4v) is 3.27. The van der Waals surface area contributed by atoms with Gasteiger partial charge in [-0.2, -0.15) is 4.98 Å². The smallest absolute Gasteiger partial charge is 0.407 e. The Balaban J connectivity index is 1.59. The van der Waals surface area contributed by atoms with Gasteiger partial charge >= 0.3 is 6.09 Å². The Morgan fingerprint density at radius 3 is 2.77 bits per heavy atom. The van der Waals surface area contributed by atoms with Gasteiger partial charge in [0.1, 0.15) is 12.1 Å². The second kappa shape index (κ2) is 10.00. The predicted octanol–water partition coefficient (Wildman–Crippen LogP) is 3.45. The van der Waals surface area contributed by atoms with Crippen LogP contribution in [0.3, 0.4) is 0 Å². The Labute approximate surface area is 187 Å². The molecule has 1 unspecified atom stereocenters. The van der Waals surface area contributed by atoms with Gasteiger partial charge in [0.2, 0.25) is 11.7 Å². The van der Waals surface area contributed by atoms with Crippen molar-refractivity contribution in [2.45, 2.75) is 52.3 Å². The number of likely N-dealkylation sites (tertiary alicyclic amines) is 1. The minimum Gasteiger partial charge on any atom is -0.444 e. The van der Waals surface area contributed by atoms with Crippen LogP contribution in [-0.4, -0.2) is 58.4 Å². The van der Waals surface area contributed by atoms with Gasteiger partial charge in [-0.15, -0.1) is 0 Å². The van der Waals surface area contributed by atoms with Crippen molar-refractivity contribution in [3.05, 3.63) is 35.2 Å². The van der Waals surface area contributed by atoms with Crippen LogP contribution >= 0.6 is 11.6 Å². The van der Waals surface area contributed by atoms with Gasteiger partial charge in [-0.1, -0.05) is 16.8 Å². The summed E-state index contributed by atoms with van der Waals surface area (Å²) in [5, 5.41) is 10.9. The number of carbonyl (C=O) groups excluding carboxylic acids is 1. The van der Waals surface area contributed by atoms with Gasteiger partial charge in [0.25, 0.3) is 0 Å². The number of nitrogens with one attached hydrogen (secondary N) is 2. The quantitative estimate of drug-likeness (QED) is 0.533. The summed E-state index contributed by atoms with van der Waals surface area (Å²) in [6, 6.07) is 7.24. The minimum absolute atomic E-state index is 0.00128. The van der Waals surface area contributed by atoms with Crippen LogP contribution in [0.2, 0.25) is 5.02 Å². The number of carbonyl (C=O) groups is 1. The number of aliphatic imine (C=N–C) groups is 1. The molecule has 9 nitrogen and oxygen atoms in total. The molecule has 0 saturated carbocycles. The van der Waals surface area contributed by atoms with Crippen molar-refractivity contribution in [1.29, 1.82) is 0 Å². The lowest BCUT2D eigenvalue weighted by molar-refractivity contribution is 0.0507. The van der Waals surface area contributed by atoms with E-state index in [0.717, 1.165) is 31.0 Å². The average Bonchev–Trinajstić information content (AvgIpc) is 3.34. The molecular formula is C21H29ClN6O3. The molecule has 168 valence electrons. The van der Waals surface area contributed by atoms with Crippen LogP contribution in [0.15, 0.2) is 33.8 Å². The summed E-state index contributed by atoms with van der Waals surface area (Å²) in [7, 11) is 0. The maximum atomic E-state index is 12.0. The largest absolute Gasteiger partial charge is 0.444 e. The fraction of sp³-hybridized carbons (Fsp3) is 0.524. The molecule has 1 aromatic carbocycles. The number of benzene rings is 1. The molecule has 10 heteroatoms. The maximum absolute atomic E-state index is 12.0. The number of rotatable bonds is 5. The highest BCUT2D eigenvalue weighted by atomic mass is 35.5. The van der Waals surface area contributed by atoms with E-state index < -0.39 is 11.7 Å². The second-order valence-electron chi connectivity index (χ2n) is 8.27. The van der Waals surface area contributed by atoms with E-state index >= 15 is 0 Å². The number of halogens is 1. The molecule has 2 N–H and O–H groups in total. The second-order valence-corrected chi connectivity index (χ2v) is 8.70. The van der Waals surface area contributed by atoms with Gasteiger partial charge in [-0.25, -0.2) is 9.79 Å². The van der Waals surface area contributed by atoms with Crippen LogP contribution in [0.25, 0.3) is 11.4 Å². The van der Waals surface area contributed by atoms with Crippen LogP contribution < -0.4 is 10.6 Å². The average molecular weight is 449 g/mol. The third-order valence-corrected chi connectivity index (χ3v) is 4.73. The first-order valence-corrected chi connectivity index (χ1v) is 10.7. The first kappa shape index (κ1) is 22.9. The van der Waals surface area contributed by atoms with Crippen LogP contribution in [0.1, 0.15) is 40.0 Å². The zero-order valence-corrected chi connectivity index (χ0v) is 19.1. The number of amides is 1. The number of hydrogen-bond donors (Lipinski definition) is 2.